The van der Waals surface area contributed by atoms with Gasteiger partial charge in [0, 0.05) is 19.1 Å². The van der Waals surface area contributed by atoms with Crippen molar-refractivity contribution in [2.24, 2.45) is 0 Å². The van der Waals surface area contributed by atoms with E-state index in [1.54, 1.807) is 0 Å². The minimum Gasteiger partial charge on any atom is -0.338 e. The number of urea groups is 1. The van der Waals surface area contributed by atoms with Gasteiger partial charge in [0.1, 0.15) is 0 Å². The largest absolute Gasteiger partial charge is 0.338 e. The number of nitrogens with one attached hydrogen (secondary N) is 1. The Morgan fingerprint density at radius 2 is 2.13 bits per heavy atom. The number of unbranched alkanes of at least 4 members (excludes halogenated alkanes) is 1. The van der Waals surface area contributed by atoms with Crippen LogP contribution in [0.3, 0.4) is 0 Å². The van der Waals surface area contributed by atoms with E-state index in [4.69, 9.17) is 0 Å². The van der Waals surface area contributed by atoms with Gasteiger partial charge in [0.15, 0.2) is 0 Å². The van der Waals surface area contributed by atoms with Gasteiger partial charge in [-0.05, 0) is 26.2 Å². The molecule has 0 atom stereocenters. The highest BCUT2D eigenvalue weighted by molar-refractivity contribution is 5.74. The van der Waals surface area contributed by atoms with Crippen LogP contribution >= 0.6 is 0 Å². The SMILES string of the molecule is [CH2]CN(C(=O)NCCCC)C1CCCC1. The van der Waals surface area contributed by atoms with Crippen LogP contribution in [-0.2, 0) is 0 Å². The van der Waals surface area contributed by atoms with Crippen molar-refractivity contribution < 1.29 is 4.79 Å². The van der Waals surface area contributed by atoms with Crippen LogP contribution in [0, 0.1) is 6.92 Å². The lowest BCUT2D eigenvalue weighted by Crippen LogP contribution is -2.45. The molecule has 0 aromatic carbocycles. The van der Waals surface area contributed by atoms with Gasteiger partial charge in [0.25, 0.3) is 0 Å². The summed E-state index contributed by atoms with van der Waals surface area (Å²) in [5.41, 5.74) is 0. The number of carbonyl (C=O) groups is 1. The number of hydrogen-bond donors (Lipinski definition) is 1. The molecule has 1 N–H and O–H groups in total. The smallest absolute Gasteiger partial charge is 0.317 e. The van der Waals surface area contributed by atoms with Crippen LogP contribution in [0.1, 0.15) is 45.4 Å². The quantitative estimate of drug-likeness (QED) is 0.696. The van der Waals surface area contributed by atoms with E-state index >= 15 is 0 Å². The van der Waals surface area contributed by atoms with Gasteiger partial charge < -0.3 is 10.2 Å². The van der Waals surface area contributed by atoms with E-state index in [9.17, 15) is 4.79 Å². The first-order valence-electron chi connectivity index (χ1n) is 6.13. The van der Waals surface area contributed by atoms with Crippen molar-refractivity contribution in [3.8, 4) is 0 Å². The van der Waals surface area contributed by atoms with Gasteiger partial charge in [-0.1, -0.05) is 26.2 Å². The van der Waals surface area contributed by atoms with Crippen LogP contribution in [0.25, 0.3) is 0 Å². The molecule has 0 saturated heterocycles. The Morgan fingerprint density at radius 3 is 2.67 bits per heavy atom. The topological polar surface area (TPSA) is 32.3 Å². The molecule has 2 amide bonds. The zero-order chi connectivity index (χ0) is 11.1. The molecule has 0 spiro atoms. The highest BCUT2D eigenvalue weighted by Gasteiger charge is 2.24. The molecule has 1 saturated carbocycles. The van der Waals surface area contributed by atoms with Gasteiger partial charge >= 0.3 is 6.03 Å². The number of amides is 2. The van der Waals surface area contributed by atoms with Crippen LogP contribution in [0.5, 0.6) is 0 Å². The molecule has 0 bridgehead atoms. The first kappa shape index (κ1) is 12.3. The van der Waals surface area contributed by atoms with Crippen LogP contribution in [0.4, 0.5) is 4.79 Å². The Morgan fingerprint density at radius 1 is 1.47 bits per heavy atom. The second-order valence-corrected chi connectivity index (χ2v) is 4.22. The molecule has 87 valence electrons. The molecule has 0 aliphatic heterocycles. The third-order valence-electron chi connectivity index (χ3n) is 3.07. The van der Waals surface area contributed by atoms with Crippen LogP contribution in [0.2, 0.25) is 0 Å². The summed E-state index contributed by atoms with van der Waals surface area (Å²) in [6.45, 7) is 7.35. The molecule has 3 heteroatoms. The Bertz CT molecular complexity index is 188. The van der Waals surface area contributed by atoms with Crippen LogP contribution in [-0.4, -0.2) is 30.1 Å². The van der Waals surface area contributed by atoms with Crippen molar-refractivity contribution in [3.05, 3.63) is 6.92 Å². The minimum atomic E-state index is 0.0744. The summed E-state index contributed by atoms with van der Waals surface area (Å²) in [6.07, 6.45) is 6.98. The maximum Gasteiger partial charge on any atom is 0.317 e. The fourth-order valence-corrected chi connectivity index (χ4v) is 2.14. The summed E-state index contributed by atoms with van der Waals surface area (Å²) in [4.78, 5) is 13.7. The summed E-state index contributed by atoms with van der Waals surface area (Å²) < 4.78 is 0. The predicted octanol–water partition coefficient (Wildman–Crippen LogP) is 2.57. The van der Waals surface area contributed by atoms with Crippen molar-refractivity contribution in [1.29, 1.82) is 0 Å². The lowest BCUT2D eigenvalue weighted by molar-refractivity contribution is 0.182. The standard InChI is InChI=1S/C12H23N2O/c1-3-5-10-13-12(15)14(4-2)11-8-6-7-9-11/h11H,2-10H2,1H3,(H,13,15). The van der Waals surface area contributed by atoms with Crippen LogP contribution in [0.15, 0.2) is 0 Å². The molecular formula is C12H23N2O. The number of rotatable bonds is 5. The van der Waals surface area contributed by atoms with Gasteiger partial charge in [-0.3, -0.25) is 0 Å². The molecule has 0 aromatic rings. The van der Waals surface area contributed by atoms with E-state index in [1.807, 2.05) is 4.90 Å². The van der Waals surface area contributed by atoms with Crippen molar-refractivity contribution in [3.63, 3.8) is 0 Å². The highest BCUT2D eigenvalue weighted by Crippen LogP contribution is 2.23. The van der Waals surface area contributed by atoms with Gasteiger partial charge in [0.05, 0.1) is 0 Å². The van der Waals surface area contributed by atoms with Crippen molar-refractivity contribution >= 4 is 6.03 Å². The second kappa shape index (κ2) is 6.70. The molecule has 3 nitrogen and oxygen atoms in total. The average molecular weight is 211 g/mol. The zero-order valence-corrected chi connectivity index (χ0v) is 9.80. The first-order valence-corrected chi connectivity index (χ1v) is 6.13. The van der Waals surface area contributed by atoms with E-state index < -0.39 is 0 Å². The minimum absolute atomic E-state index is 0.0744. The van der Waals surface area contributed by atoms with Crippen LogP contribution < -0.4 is 5.32 Å². The molecule has 15 heavy (non-hydrogen) atoms. The van der Waals surface area contributed by atoms with E-state index in [0.29, 0.717) is 12.6 Å². The van der Waals surface area contributed by atoms with E-state index in [0.717, 1.165) is 32.2 Å². The van der Waals surface area contributed by atoms with Crippen molar-refractivity contribution in [2.75, 3.05) is 13.1 Å². The molecule has 1 radical (unpaired) electrons. The Hall–Kier alpha value is -0.730. The van der Waals surface area contributed by atoms with Crippen molar-refractivity contribution in [1.82, 2.24) is 10.2 Å². The third-order valence-corrected chi connectivity index (χ3v) is 3.07. The fraction of sp³-hybridized carbons (Fsp3) is 0.833. The predicted molar refractivity (Wildman–Crippen MR) is 62.6 cm³/mol. The molecule has 0 aromatic heterocycles. The number of carbonyl (C=O) groups excluding carboxylic acids is 1. The monoisotopic (exact) mass is 211 g/mol. The molecule has 0 unspecified atom stereocenters. The van der Waals surface area contributed by atoms with E-state index in [-0.39, 0.29) is 6.03 Å². The first-order chi connectivity index (χ1) is 7.29. The summed E-state index contributed by atoms with van der Waals surface area (Å²) >= 11 is 0. The normalized spacial score (nSPS) is 16.7. The summed E-state index contributed by atoms with van der Waals surface area (Å²) in [6, 6.07) is 0.509. The van der Waals surface area contributed by atoms with Gasteiger partial charge in [-0.2, -0.15) is 0 Å². The maximum absolute atomic E-state index is 11.8. The van der Waals surface area contributed by atoms with E-state index in [1.165, 1.54) is 12.8 Å². The number of hydrogen-bond acceptors (Lipinski definition) is 1. The summed E-state index contributed by atoms with van der Waals surface area (Å²) in [5, 5.41) is 2.96. The van der Waals surface area contributed by atoms with Gasteiger partial charge in [0.2, 0.25) is 0 Å². The Labute approximate surface area is 93.2 Å². The lowest BCUT2D eigenvalue weighted by atomic mass is 10.2. The zero-order valence-electron chi connectivity index (χ0n) is 9.80. The van der Waals surface area contributed by atoms with Gasteiger partial charge in [-0.15, -0.1) is 0 Å². The Kier molecular flexibility index (Phi) is 5.51. The molecule has 1 aliphatic carbocycles. The molecule has 1 aliphatic rings. The lowest BCUT2D eigenvalue weighted by Gasteiger charge is -2.27. The number of nitrogens with zero attached hydrogens (tertiary/aromatic N) is 1. The summed E-state index contributed by atoms with van der Waals surface area (Å²) in [5.74, 6) is 0. The van der Waals surface area contributed by atoms with E-state index in [2.05, 4.69) is 19.2 Å². The molecular weight excluding hydrogens is 188 g/mol. The molecule has 0 heterocycles. The summed E-state index contributed by atoms with van der Waals surface area (Å²) in [7, 11) is 0. The average Bonchev–Trinajstić information content (AvgIpc) is 2.73. The Balaban J connectivity index is 2.32. The third kappa shape index (κ3) is 3.73. The molecule has 1 rings (SSSR count). The maximum atomic E-state index is 11.8. The highest BCUT2D eigenvalue weighted by atomic mass is 16.2. The molecule has 1 fully saturated rings. The fourth-order valence-electron chi connectivity index (χ4n) is 2.14. The van der Waals surface area contributed by atoms with Gasteiger partial charge in [-0.25, -0.2) is 4.79 Å². The second-order valence-electron chi connectivity index (χ2n) is 4.22. The van der Waals surface area contributed by atoms with Crippen molar-refractivity contribution in [2.45, 2.75) is 51.5 Å².